The Kier molecular flexibility index (Phi) is 1.69. The van der Waals surface area contributed by atoms with Crippen LogP contribution in [-0.4, -0.2) is 20.3 Å². The molecule has 5 heteroatoms. The molecule has 12 heavy (non-hydrogen) atoms. The lowest BCUT2D eigenvalue weighted by Crippen LogP contribution is -1.69. The van der Waals surface area contributed by atoms with Crippen LogP contribution in [0.4, 0.5) is 0 Å². The summed E-state index contributed by atoms with van der Waals surface area (Å²) < 4.78 is 4.41. The van der Waals surface area contributed by atoms with E-state index < -0.39 is 0 Å². The molecule has 2 rings (SSSR count). The molecule has 2 aromatic heterocycles. The van der Waals surface area contributed by atoms with Crippen LogP contribution in [0.15, 0.2) is 23.4 Å². The summed E-state index contributed by atoms with van der Waals surface area (Å²) in [6.45, 7) is 0. The van der Waals surface area contributed by atoms with E-state index in [2.05, 4.69) is 24.9 Å². The summed E-state index contributed by atoms with van der Waals surface area (Å²) in [4.78, 5) is 6.78. The first-order valence-corrected chi connectivity index (χ1v) is 3.39. The zero-order valence-corrected chi connectivity index (χ0v) is 6.14. The Morgan fingerprint density at radius 3 is 3.00 bits per heavy atom. The molecule has 0 saturated heterocycles. The molecule has 0 amide bonds. The maximum absolute atomic E-state index is 4.41. The smallest absolute Gasteiger partial charge is 0.127 e. The first kappa shape index (κ1) is 6.78. The van der Waals surface area contributed by atoms with Crippen LogP contribution < -0.4 is 0 Å². The van der Waals surface area contributed by atoms with Crippen molar-refractivity contribution in [3.8, 4) is 0 Å². The molecule has 2 aromatic rings. The number of hydrogen-bond acceptors (Lipinski definition) is 4. The molecular weight excluding hydrogens is 156 g/mol. The van der Waals surface area contributed by atoms with Gasteiger partial charge in [0.2, 0.25) is 0 Å². The fourth-order valence-corrected chi connectivity index (χ4v) is 0.778. The molecule has 5 nitrogen and oxygen atoms in total. The third kappa shape index (κ3) is 1.39. The summed E-state index contributed by atoms with van der Waals surface area (Å²) in [7, 11) is 0. The lowest BCUT2D eigenvalue weighted by atomic mass is 10.3. The van der Waals surface area contributed by atoms with E-state index in [9.17, 15) is 0 Å². The first-order chi connectivity index (χ1) is 5.95. The number of hydrogen-bond donors (Lipinski definition) is 1. The second-order valence-electron chi connectivity index (χ2n) is 2.17. The lowest BCUT2D eigenvalue weighted by molar-refractivity contribution is 0.306. The van der Waals surface area contributed by atoms with Crippen molar-refractivity contribution in [2.75, 3.05) is 0 Å². The highest BCUT2D eigenvalue weighted by atomic mass is 16.6. The largest absolute Gasteiger partial charge is 0.345 e. The molecule has 60 valence electrons. The minimum Gasteiger partial charge on any atom is -0.345 e. The molecule has 0 unspecified atom stereocenters. The van der Waals surface area contributed by atoms with Crippen LogP contribution in [0.1, 0.15) is 11.4 Å². The summed E-state index contributed by atoms with van der Waals surface area (Å²) in [6, 6.07) is 0. The maximum Gasteiger partial charge on any atom is 0.127 e. The number of nitrogens with zero attached hydrogens (tertiary/aromatic N) is 3. The number of imidazole rings is 1. The van der Waals surface area contributed by atoms with Crippen LogP contribution >= 0.6 is 0 Å². The van der Waals surface area contributed by atoms with Gasteiger partial charge < -0.3 is 4.98 Å². The molecule has 0 aliphatic rings. The second kappa shape index (κ2) is 3.00. The van der Waals surface area contributed by atoms with Crippen LogP contribution in [0.3, 0.4) is 0 Å². The van der Waals surface area contributed by atoms with Crippen LogP contribution in [0.5, 0.6) is 0 Å². The minimum absolute atomic E-state index is 0.685. The number of nitrogens with one attached hydrogen (secondary N) is 1. The minimum atomic E-state index is 0.685. The predicted molar refractivity (Wildman–Crippen MR) is 41.8 cm³/mol. The van der Waals surface area contributed by atoms with Crippen molar-refractivity contribution >= 4 is 12.2 Å². The molecular formula is C7H6N4O. The van der Waals surface area contributed by atoms with Crippen molar-refractivity contribution in [2.45, 2.75) is 0 Å². The highest BCUT2D eigenvalue weighted by Crippen LogP contribution is 2.00. The average Bonchev–Trinajstić information content (AvgIpc) is 2.74. The zero-order chi connectivity index (χ0) is 8.23. The number of rotatable bonds is 2. The molecule has 0 atom stereocenters. The standard InChI is InChI=1S/C7H6N4O/c1(6-3-8-5-9-6)2-7-4-10-12-11-7/h1-5H,(H,8,9)/b2-1+. The number of aromatic nitrogens is 4. The highest BCUT2D eigenvalue weighted by molar-refractivity contribution is 5.64. The van der Waals surface area contributed by atoms with Gasteiger partial charge in [0.1, 0.15) is 5.69 Å². The van der Waals surface area contributed by atoms with Crippen molar-refractivity contribution < 1.29 is 4.63 Å². The molecule has 0 aromatic carbocycles. The maximum atomic E-state index is 4.41. The van der Waals surface area contributed by atoms with E-state index in [0.717, 1.165) is 5.69 Å². The first-order valence-electron chi connectivity index (χ1n) is 3.39. The summed E-state index contributed by atoms with van der Waals surface area (Å²) in [5, 5.41) is 7.07. The highest BCUT2D eigenvalue weighted by Gasteiger charge is 1.90. The topological polar surface area (TPSA) is 67.6 Å². The molecule has 2 heterocycles. The van der Waals surface area contributed by atoms with E-state index in [1.807, 2.05) is 6.08 Å². The van der Waals surface area contributed by atoms with Gasteiger partial charge in [0.25, 0.3) is 0 Å². The van der Waals surface area contributed by atoms with Crippen LogP contribution in [0.2, 0.25) is 0 Å². The van der Waals surface area contributed by atoms with E-state index in [4.69, 9.17) is 0 Å². The van der Waals surface area contributed by atoms with Crippen molar-refractivity contribution in [1.82, 2.24) is 20.3 Å². The van der Waals surface area contributed by atoms with Gasteiger partial charge >= 0.3 is 0 Å². The van der Waals surface area contributed by atoms with Crippen LogP contribution in [-0.2, 0) is 0 Å². The molecule has 0 spiro atoms. The van der Waals surface area contributed by atoms with Gasteiger partial charge in [-0.1, -0.05) is 10.3 Å². The van der Waals surface area contributed by atoms with Crippen molar-refractivity contribution in [1.29, 1.82) is 0 Å². The van der Waals surface area contributed by atoms with Gasteiger partial charge in [-0.3, -0.25) is 0 Å². The summed E-state index contributed by atoms with van der Waals surface area (Å²) in [5.74, 6) is 0. The van der Waals surface area contributed by atoms with Crippen molar-refractivity contribution in [3.63, 3.8) is 0 Å². The Labute approximate surface area is 68.1 Å². The van der Waals surface area contributed by atoms with Crippen molar-refractivity contribution in [3.05, 3.63) is 30.1 Å². The zero-order valence-electron chi connectivity index (χ0n) is 6.14. The second-order valence-corrected chi connectivity index (χ2v) is 2.17. The van der Waals surface area contributed by atoms with Gasteiger partial charge in [0, 0.05) is 0 Å². The van der Waals surface area contributed by atoms with Gasteiger partial charge in [-0.25, -0.2) is 9.61 Å². The van der Waals surface area contributed by atoms with E-state index in [1.165, 1.54) is 6.20 Å². The monoisotopic (exact) mass is 162 g/mol. The molecule has 1 N–H and O–H groups in total. The van der Waals surface area contributed by atoms with Gasteiger partial charge in [-0.05, 0) is 12.2 Å². The normalized spacial score (nSPS) is 11.0. The Morgan fingerprint density at radius 2 is 2.33 bits per heavy atom. The van der Waals surface area contributed by atoms with E-state index in [0.29, 0.717) is 5.69 Å². The average molecular weight is 162 g/mol. The Morgan fingerprint density at radius 1 is 1.33 bits per heavy atom. The quantitative estimate of drug-likeness (QED) is 0.714. The van der Waals surface area contributed by atoms with Gasteiger partial charge in [0.15, 0.2) is 0 Å². The van der Waals surface area contributed by atoms with Crippen LogP contribution in [0, 0.1) is 0 Å². The van der Waals surface area contributed by atoms with Gasteiger partial charge in [-0.2, -0.15) is 0 Å². The number of aromatic amines is 1. The predicted octanol–water partition coefficient (Wildman–Crippen LogP) is 0.963. The summed E-state index contributed by atoms with van der Waals surface area (Å²) in [5.41, 5.74) is 1.60. The Balaban J connectivity index is 2.14. The fraction of sp³-hybridized carbons (Fsp3) is 0. The van der Waals surface area contributed by atoms with E-state index >= 15 is 0 Å². The van der Waals surface area contributed by atoms with E-state index in [-0.39, 0.29) is 0 Å². The Bertz CT molecular complexity index is 312. The Hall–Kier alpha value is -1.91. The molecule has 0 bridgehead atoms. The van der Waals surface area contributed by atoms with Gasteiger partial charge in [-0.15, -0.1) is 0 Å². The van der Waals surface area contributed by atoms with E-state index in [1.54, 1.807) is 18.6 Å². The van der Waals surface area contributed by atoms with Crippen molar-refractivity contribution in [2.24, 2.45) is 0 Å². The number of H-pyrrole nitrogens is 1. The summed E-state index contributed by atoms with van der Waals surface area (Å²) in [6.07, 6.45) is 8.48. The SMILES string of the molecule is C(=C\c1cnc[nH]1)/c1cnon1. The fourth-order valence-electron chi connectivity index (χ4n) is 0.778. The third-order valence-electron chi connectivity index (χ3n) is 1.33. The third-order valence-corrected chi connectivity index (χ3v) is 1.33. The molecule has 0 radical (unpaired) electrons. The molecule has 0 aliphatic carbocycles. The van der Waals surface area contributed by atoms with Gasteiger partial charge in [0.05, 0.1) is 24.4 Å². The molecule has 0 fully saturated rings. The lowest BCUT2D eigenvalue weighted by Gasteiger charge is -1.79. The molecule has 0 saturated carbocycles. The summed E-state index contributed by atoms with van der Waals surface area (Å²) >= 11 is 0. The van der Waals surface area contributed by atoms with Crippen LogP contribution in [0.25, 0.3) is 12.2 Å². The molecule has 0 aliphatic heterocycles.